The molecule has 0 saturated carbocycles. The van der Waals surface area contributed by atoms with Gasteiger partial charge >= 0.3 is 0 Å². The van der Waals surface area contributed by atoms with Crippen LogP contribution in [0.15, 0.2) is 53.1 Å². The molecule has 1 aromatic carbocycles. The van der Waals surface area contributed by atoms with E-state index in [0.29, 0.717) is 40.3 Å². The van der Waals surface area contributed by atoms with E-state index in [0.717, 1.165) is 6.07 Å². The summed E-state index contributed by atoms with van der Waals surface area (Å²) in [6.45, 7) is 1.78. The van der Waals surface area contributed by atoms with Crippen LogP contribution in [0.2, 0.25) is 0 Å². The Kier molecular flexibility index (Phi) is 5.42. The van der Waals surface area contributed by atoms with Crippen molar-refractivity contribution in [3.63, 3.8) is 0 Å². The Bertz CT molecular complexity index is 1360. The summed E-state index contributed by atoms with van der Waals surface area (Å²) in [6.07, 6.45) is 1.90. The van der Waals surface area contributed by atoms with Crippen LogP contribution < -0.4 is 10.0 Å². The third kappa shape index (κ3) is 4.72. The van der Waals surface area contributed by atoms with Gasteiger partial charge in [-0.15, -0.1) is 0 Å². The molecule has 9 nitrogen and oxygen atoms in total. The molecule has 0 atom stereocenters. The first kappa shape index (κ1) is 20.5. The van der Waals surface area contributed by atoms with Gasteiger partial charge in [0.2, 0.25) is 10.0 Å². The smallest absolute Gasteiger partial charge is 0.291 e. The maximum atomic E-state index is 13.0. The van der Waals surface area contributed by atoms with E-state index >= 15 is 0 Å². The number of H-pyrrole nitrogens is 1. The number of imidazole rings is 1. The summed E-state index contributed by atoms with van der Waals surface area (Å²) in [5.41, 5.74) is 2.42. The predicted octanol–water partition coefficient (Wildman–Crippen LogP) is 3.76. The summed E-state index contributed by atoms with van der Waals surface area (Å²) in [5, 5.41) is 2.63. The molecule has 0 aliphatic rings. The standard InChI is InChI=1S/C20H18FN5O4S/c1-2-8-31(28,29)26-14-10-15-19(22-11-14)25-18(24-15)12-4-3-5-13(9-12)23-20(27)16-6-7-17(21)30-16/h3-7,9-11,26H,2,8H2,1H3,(H,23,27)(H,22,24,25). The van der Waals surface area contributed by atoms with Crippen molar-refractivity contribution < 1.29 is 22.0 Å². The van der Waals surface area contributed by atoms with Gasteiger partial charge in [0.25, 0.3) is 11.9 Å². The monoisotopic (exact) mass is 443 g/mol. The zero-order valence-electron chi connectivity index (χ0n) is 16.3. The molecule has 0 saturated heterocycles. The van der Waals surface area contributed by atoms with Crippen molar-refractivity contribution in [2.24, 2.45) is 0 Å². The molecule has 3 aromatic heterocycles. The Labute approximate surface area is 176 Å². The Morgan fingerprint density at radius 3 is 2.77 bits per heavy atom. The van der Waals surface area contributed by atoms with E-state index < -0.39 is 21.9 Å². The molecule has 4 rings (SSSR count). The number of rotatable bonds is 7. The lowest BCUT2D eigenvalue weighted by Gasteiger charge is -2.05. The van der Waals surface area contributed by atoms with Crippen LogP contribution in [-0.4, -0.2) is 35.0 Å². The molecule has 3 N–H and O–H groups in total. The van der Waals surface area contributed by atoms with E-state index in [1.807, 2.05) is 0 Å². The lowest BCUT2D eigenvalue weighted by Crippen LogP contribution is -2.16. The van der Waals surface area contributed by atoms with Gasteiger partial charge in [0.1, 0.15) is 5.82 Å². The molecule has 0 fully saturated rings. The number of nitrogens with zero attached hydrogens (tertiary/aromatic N) is 2. The zero-order chi connectivity index (χ0) is 22.0. The quantitative estimate of drug-likeness (QED) is 0.399. The second-order valence-corrected chi connectivity index (χ2v) is 8.58. The molecule has 1 amide bonds. The minimum Gasteiger partial charge on any atom is -0.426 e. The fraction of sp³-hybridized carbons (Fsp3) is 0.150. The average Bonchev–Trinajstić information content (AvgIpc) is 3.33. The largest absolute Gasteiger partial charge is 0.426 e. The van der Waals surface area contributed by atoms with Gasteiger partial charge in [-0.25, -0.2) is 18.4 Å². The predicted molar refractivity (Wildman–Crippen MR) is 114 cm³/mol. The van der Waals surface area contributed by atoms with Crippen LogP contribution in [0.3, 0.4) is 0 Å². The van der Waals surface area contributed by atoms with Crippen LogP contribution in [0.5, 0.6) is 0 Å². The lowest BCUT2D eigenvalue weighted by molar-refractivity contribution is 0.0988. The summed E-state index contributed by atoms with van der Waals surface area (Å²) < 4.78 is 44.1. The first-order valence-corrected chi connectivity index (χ1v) is 11.0. The number of anilines is 2. The molecular formula is C20H18FN5O4S. The maximum absolute atomic E-state index is 13.0. The number of pyridine rings is 1. The summed E-state index contributed by atoms with van der Waals surface area (Å²) in [4.78, 5) is 23.9. The second kappa shape index (κ2) is 8.19. The van der Waals surface area contributed by atoms with Crippen LogP contribution in [0, 0.1) is 6.01 Å². The van der Waals surface area contributed by atoms with Gasteiger partial charge in [-0.05, 0) is 30.7 Å². The van der Waals surface area contributed by atoms with Gasteiger partial charge < -0.3 is 14.7 Å². The summed E-state index contributed by atoms with van der Waals surface area (Å²) in [5.74, 6) is -0.232. The number of sulfonamides is 1. The first-order valence-electron chi connectivity index (χ1n) is 9.36. The molecule has 0 aliphatic heterocycles. The molecule has 31 heavy (non-hydrogen) atoms. The van der Waals surface area contributed by atoms with Crippen molar-refractivity contribution in [3.8, 4) is 11.4 Å². The van der Waals surface area contributed by atoms with Crippen molar-refractivity contribution >= 4 is 38.5 Å². The first-order chi connectivity index (χ1) is 14.8. The molecule has 160 valence electrons. The Morgan fingerprint density at radius 2 is 2.03 bits per heavy atom. The fourth-order valence-electron chi connectivity index (χ4n) is 2.97. The van der Waals surface area contributed by atoms with Crippen LogP contribution in [0.4, 0.5) is 15.8 Å². The van der Waals surface area contributed by atoms with Gasteiger partial charge in [-0.1, -0.05) is 19.1 Å². The number of aromatic amines is 1. The molecule has 0 unspecified atom stereocenters. The molecule has 0 bridgehead atoms. The van der Waals surface area contributed by atoms with Crippen molar-refractivity contribution in [1.29, 1.82) is 0 Å². The second-order valence-electron chi connectivity index (χ2n) is 6.74. The SMILES string of the molecule is CCCS(=O)(=O)Nc1cnc2nc(-c3cccc(NC(=O)c4ccc(F)o4)c3)[nH]c2c1. The van der Waals surface area contributed by atoms with Gasteiger partial charge in [0, 0.05) is 17.3 Å². The number of fused-ring (bicyclic) bond motifs is 1. The number of hydrogen-bond acceptors (Lipinski definition) is 6. The normalized spacial score (nSPS) is 11.5. The van der Waals surface area contributed by atoms with E-state index in [4.69, 9.17) is 0 Å². The minimum absolute atomic E-state index is 0.0163. The highest BCUT2D eigenvalue weighted by Crippen LogP contribution is 2.24. The summed E-state index contributed by atoms with van der Waals surface area (Å²) >= 11 is 0. The van der Waals surface area contributed by atoms with Crippen LogP contribution in [0.25, 0.3) is 22.6 Å². The summed E-state index contributed by atoms with van der Waals surface area (Å²) in [6, 6.07) is 9.92. The number of furan rings is 1. The van der Waals surface area contributed by atoms with E-state index in [-0.39, 0.29) is 11.5 Å². The van der Waals surface area contributed by atoms with Crippen LogP contribution in [0.1, 0.15) is 23.9 Å². The number of hydrogen-bond donors (Lipinski definition) is 3. The third-order valence-corrected chi connectivity index (χ3v) is 5.77. The number of carbonyl (C=O) groups excluding carboxylic acids is 1. The molecular weight excluding hydrogens is 425 g/mol. The van der Waals surface area contributed by atoms with Crippen molar-refractivity contribution in [2.45, 2.75) is 13.3 Å². The average molecular weight is 443 g/mol. The van der Waals surface area contributed by atoms with E-state index in [2.05, 4.69) is 29.4 Å². The zero-order valence-corrected chi connectivity index (χ0v) is 17.2. The van der Waals surface area contributed by atoms with E-state index in [1.54, 1.807) is 37.3 Å². The van der Waals surface area contributed by atoms with E-state index in [9.17, 15) is 17.6 Å². The van der Waals surface area contributed by atoms with E-state index in [1.165, 1.54) is 12.3 Å². The highest BCUT2D eigenvalue weighted by molar-refractivity contribution is 7.92. The lowest BCUT2D eigenvalue weighted by atomic mass is 10.2. The fourth-order valence-corrected chi connectivity index (χ4v) is 4.08. The van der Waals surface area contributed by atoms with Crippen molar-refractivity contribution in [1.82, 2.24) is 15.0 Å². The van der Waals surface area contributed by atoms with Gasteiger partial charge in [0.15, 0.2) is 11.4 Å². The highest BCUT2D eigenvalue weighted by Gasteiger charge is 2.14. The number of nitrogens with one attached hydrogen (secondary N) is 3. The molecule has 4 aromatic rings. The Hall–Kier alpha value is -3.73. The number of aromatic nitrogens is 3. The summed E-state index contributed by atoms with van der Waals surface area (Å²) in [7, 11) is -3.43. The van der Waals surface area contributed by atoms with Gasteiger partial charge in [-0.3, -0.25) is 9.52 Å². The number of carbonyl (C=O) groups is 1. The highest BCUT2D eigenvalue weighted by atomic mass is 32.2. The topological polar surface area (TPSA) is 130 Å². The Morgan fingerprint density at radius 1 is 1.19 bits per heavy atom. The molecule has 0 radical (unpaired) electrons. The van der Waals surface area contributed by atoms with Crippen LogP contribution >= 0.6 is 0 Å². The molecule has 0 spiro atoms. The molecule has 3 heterocycles. The van der Waals surface area contributed by atoms with Gasteiger partial charge in [-0.2, -0.15) is 4.39 Å². The molecule has 0 aliphatic carbocycles. The molecule has 11 heteroatoms. The minimum atomic E-state index is -3.43. The van der Waals surface area contributed by atoms with Crippen LogP contribution in [-0.2, 0) is 10.0 Å². The Balaban J connectivity index is 1.57. The van der Waals surface area contributed by atoms with Crippen molar-refractivity contribution in [3.05, 3.63) is 60.4 Å². The third-order valence-electron chi connectivity index (χ3n) is 4.27. The van der Waals surface area contributed by atoms with Crippen molar-refractivity contribution in [2.75, 3.05) is 15.8 Å². The van der Waals surface area contributed by atoms with Gasteiger partial charge in [0.05, 0.1) is 23.2 Å². The number of amides is 1. The number of benzene rings is 1. The number of halogens is 1. The maximum Gasteiger partial charge on any atom is 0.291 e.